The van der Waals surface area contributed by atoms with Crippen LogP contribution < -0.4 is 0 Å². The molecule has 9 atom stereocenters. The molecule has 0 radical (unpaired) electrons. The number of fused-ring (bicyclic) bond motifs is 5. The molecule has 0 amide bonds. The Balaban J connectivity index is 2.02. The van der Waals surface area contributed by atoms with Crippen LogP contribution in [0.15, 0.2) is 24.3 Å². The first-order valence-corrected chi connectivity index (χ1v) is 13.4. The van der Waals surface area contributed by atoms with Crippen LogP contribution in [0.1, 0.15) is 79.1 Å². The molecule has 204 valence electrons. The Bertz CT molecular complexity index is 854. The van der Waals surface area contributed by atoms with Crippen LogP contribution in [0.3, 0.4) is 0 Å². The Morgan fingerprint density at radius 1 is 1.22 bits per heavy atom. The summed E-state index contributed by atoms with van der Waals surface area (Å²) < 4.78 is 18.0. The molecule has 1 saturated carbocycles. The minimum atomic E-state index is -1.66. The fourth-order valence-corrected chi connectivity index (χ4v) is 6.43. The first kappa shape index (κ1) is 28.8. The second kappa shape index (κ2) is 11.3. The van der Waals surface area contributed by atoms with Gasteiger partial charge in [0.05, 0.1) is 6.10 Å². The van der Waals surface area contributed by atoms with Gasteiger partial charge in [-0.3, -0.25) is 4.79 Å². The summed E-state index contributed by atoms with van der Waals surface area (Å²) in [6.45, 7) is 15.6. The molecule has 0 unspecified atom stereocenters. The van der Waals surface area contributed by atoms with E-state index in [0.717, 1.165) is 12.0 Å². The van der Waals surface area contributed by atoms with Gasteiger partial charge in [0, 0.05) is 31.3 Å². The average molecular weight is 509 g/mol. The fourth-order valence-electron chi connectivity index (χ4n) is 6.43. The second-order valence-electron chi connectivity index (χ2n) is 11.2. The maximum Gasteiger partial charge on any atom is 0.348 e. The predicted molar refractivity (Wildman–Crippen MR) is 133 cm³/mol. The molecule has 3 fully saturated rings. The van der Waals surface area contributed by atoms with Gasteiger partial charge in [-0.1, -0.05) is 39.5 Å². The smallest absolute Gasteiger partial charge is 0.348 e. The van der Waals surface area contributed by atoms with Crippen LogP contribution in [-0.2, 0) is 23.8 Å². The number of rotatable bonds is 8. The molecule has 3 rings (SSSR count). The minimum absolute atomic E-state index is 0.00419. The van der Waals surface area contributed by atoms with Gasteiger partial charge in [0.25, 0.3) is 0 Å². The van der Waals surface area contributed by atoms with Crippen LogP contribution in [0.25, 0.3) is 0 Å². The molecule has 2 bridgehead atoms. The van der Waals surface area contributed by atoms with Gasteiger partial charge in [0.1, 0.15) is 11.7 Å². The van der Waals surface area contributed by atoms with Crippen LogP contribution in [-0.4, -0.2) is 63.6 Å². The molecule has 8 heteroatoms. The van der Waals surface area contributed by atoms with E-state index in [1.165, 1.54) is 0 Å². The van der Waals surface area contributed by atoms with Gasteiger partial charge in [-0.15, -0.1) is 0 Å². The molecule has 36 heavy (non-hydrogen) atoms. The molecule has 8 nitrogen and oxygen atoms in total. The molecule has 3 N–H and O–H groups in total. The zero-order chi connectivity index (χ0) is 26.8. The average Bonchev–Trinajstić information content (AvgIpc) is 3.15. The molecule has 0 aromatic heterocycles. The second-order valence-corrected chi connectivity index (χ2v) is 11.2. The van der Waals surface area contributed by atoms with Crippen molar-refractivity contribution in [2.75, 3.05) is 6.61 Å². The normalized spacial score (nSPS) is 38.2. The molecule has 3 aliphatic rings. The van der Waals surface area contributed by atoms with Crippen molar-refractivity contribution in [3.8, 4) is 0 Å². The van der Waals surface area contributed by atoms with Gasteiger partial charge >= 0.3 is 11.9 Å². The Hall–Kier alpha value is -1.74. The van der Waals surface area contributed by atoms with E-state index in [1.807, 2.05) is 13.8 Å². The van der Waals surface area contributed by atoms with E-state index in [-0.39, 0.29) is 56.5 Å². The Morgan fingerprint density at radius 2 is 1.92 bits per heavy atom. The number of aliphatic hydroxyl groups is 3. The summed E-state index contributed by atoms with van der Waals surface area (Å²) in [6.07, 6.45) is 0.431. The Kier molecular flexibility index (Phi) is 9.08. The molecule has 0 spiro atoms. The topological polar surface area (TPSA) is 123 Å². The zero-order valence-electron chi connectivity index (χ0n) is 22.2. The van der Waals surface area contributed by atoms with Crippen LogP contribution in [0, 0.1) is 23.7 Å². The molecule has 2 heterocycles. The lowest BCUT2D eigenvalue weighted by molar-refractivity contribution is -0.241. The lowest BCUT2D eigenvalue weighted by atomic mass is 9.60. The number of carbonyl (C=O) groups is 2. The van der Waals surface area contributed by atoms with Crippen molar-refractivity contribution in [2.24, 2.45) is 23.7 Å². The van der Waals surface area contributed by atoms with E-state index in [9.17, 15) is 24.9 Å². The van der Waals surface area contributed by atoms with Gasteiger partial charge < -0.3 is 29.5 Å². The maximum absolute atomic E-state index is 13.3. The summed E-state index contributed by atoms with van der Waals surface area (Å²) >= 11 is 0. The number of ether oxygens (including phenoxy) is 3. The van der Waals surface area contributed by atoms with E-state index in [0.29, 0.717) is 18.4 Å². The first-order valence-electron chi connectivity index (χ1n) is 13.4. The third kappa shape index (κ3) is 5.57. The maximum atomic E-state index is 13.3. The fraction of sp³-hybridized carbons (Fsp3) is 0.786. The predicted octanol–water partition coefficient (Wildman–Crippen LogP) is 3.43. The molecule has 1 aliphatic carbocycles. The van der Waals surface area contributed by atoms with Crippen molar-refractivity contribution in [1.82, 2.24) is 0 Å². The number of hydrogen-bond donors (Lipinski definition) is 3. The summed E-state index contributed by atoms with van der Waals surface area (Å²) in [5.74, 6) is -3.57. The number of hydrogen-bond acceptors (Lipinski definition) is 8. The van der Waals surface area contributed by atoms with Gasteiger partial charge in [-0.05, 0) is 62.9 Å². The molecular weight excluding hydrogens is 464 g/mol. The van der Waals surface area contributed by atoms with Crippen LogP contribution >= 0.6 is 0 Å². The third-order valence-corrected chi connectivity index (χ3v) is 8.47. The van der Waals surface area contributed by atoms with E-state index in [1.54, 1.807) is 13.8 Å². The molecular formula is C28H44O8. The summed E-state index contributed by atoms with van der Waals surface area (Å²) in [7, 11) is 0. The van der Waals surface area contributed by atoms with E-state index >= 15 is 0 Å². The van der Waals surface area contributed by atoms with Crippen LogP contribution in [0.5, 0.6) is 0 Å². The van der Waals surface area contributed by atoms with Crippen molar-refractivity contribution < 1.29 is 39.1 Å². The molecule has 2 aliphatic heterocycles. The van der Waals surface area contributed by atoms with Crippen molar-refractivity contribution >= 4 is 11.9 Å². The summed E-state index contributed by atoms with van der Waals surface area (Å²) in [4.78, 5) is 25.4. The van der Waals surface area contributed by atoms with Crippen molar-refractivity contribution in [1.29, 1.82) is 0 Å². The van der Waals surface area contributed by atoms with Gasteiger partial charge in [-0.25, -0.2) is 4.79 Å². The van der Waals surface area contributed by atoms with Crippen molar-refractivity contribution in [2.45, 2.75) is 109 Å². The highest BCUT2D eigenvalue weighted by Crippen LogP contribution is 2.58. The van der Waals surface area contributed by atoms with E-state index < -0.39 is 47.6 Å². The van der Waals surface area contributed by atoms with E-state index in [2.05, 4.69) is 13.2 Å². The minimum Gasteiger partial charge on any atom is -0.454 e. The highest BCUT2D eigenvalue weighted by molar-refractivity contribution is 5.79. The van der Waals surface area contributed by atoms with Gasteiger partial charge in [0.2, 0.25) is 0 Å². The summed E-state index contributed by atoms with van der Waals surface area (Å²) in [5.41, 5.74) is 0.0755. The Labute approximate surface area is 214 Å². The quantitative estimate of drug-likeness (QED) is 0.337. The lowest BCUT2D eigenvalue weighted by Gasteiger charge is -2.45. The van der Waals surface area contributed by atoms with Gasteiger partial charge in [0.15, 0.2) is 11.9 Å². The zero-order valence-corrected chi connectivity index (χ0v) is 22.2. The summed E-state index contributed by atoms with van der Waals surface area (Å²) in [5, 5.41) is 32.6. The van der Waals surface area contributed by atoms with Crippen LogP contribution in [0.2, 0.25) is 0 Å². The number of esters is 2. The highest BCUT2D eigenvalue weighted by Gasteiger charge is 2.64. The SMILES string of the molecule is C=C1C[C@@]2(O)O[C@H]([C@@H]3[C@@H]([C@@H](C)CO)CCC(=C)[C@@H]32)[C@](C)(OC(=O)[C@@H](CC)OC(=O)CCC)CC[C@@H]1O. The van der Waals surface area contributed by atoms with Gasteiger partial charge in [-0.2, -0.15) is 0 Å². The monoisotopic (exact) mass is 508 g/mol. The molecule has 0 aromatic carbocycles. The van der Waals surface area contributed by atoms with E-state index in [4.69, 9.17) is 14.2 Å². The van der Waals surface area contributed by atoms with Crippen molar-refractivity contribution in [3.05, 3.63) is 24.3 Å². The summed E-state index contributed by atoms with van der Waals surface area (Å²) in [6, 6.07) is 0. The first-order chi connectivity index (χ1) is 16.9. The number of carbonyl (C=O) groups excluding carboxylic acids is 2. The molecule has 2 saturated heterocycles. The Morgan fingerprint density at radius 3 is 2.53 bits per heavy atom. The largest absolute Gasteiger partial charge is 0.454 e. The highest BCUT2D eigenvalue weighted by atomic mass is 16.7. The van der Waals surface area contributed by atoms with Crippen molar-refractivity contribution in [3.63, 3.8) is 0 Å². The van der Waals surface area contributed by atoms with Crippen LogP contribution in [0.4, 0.5) is 0 Å². The third-order valence-electron chi connectivity index (χ3n) is 8.47. The number of aliphatic hydroxyl groups excluding tert-OH is 2. The standard InChI is InChI=1S/C28H44O8/c1-7-9-22(31)34-21(8-2)26(32)36-27(6)13-12-20(30)17(4)14-28(33)24-16(3)10-11-19(18(5)15-29)23(24)25(27)35-28/h18-21,23-25,29-30,33H,3-4,7-15H2,1-2,5-6H3/t18-,19+,20-,21+,23+,24-,25+,27+,28+/m0/s1. The lowest BCUT2D eigenvalue weighted by Crippen LogP contribution is -2.52. The molecule has 0 aromatic rings.